The first-order chi connectivity index (χ1) is 15.8. The van der Waals surface area contributed by atoms with Gasteiger partial charge < -0.3 is 9.64 Å². The van der Waals surface area contributed by atoms with Crippen LogP contribution in [-0.2, 0) is 19.6 Å². The zero-order chi connectivity index (χ0) is 23.6. The zero-order valence-corrected chi connectivity index (χ0v) is 18.9. The van der Waals surface area contributed by atoms with Crippen LogP contribution in [-0.4, -0.2) is 67.2 Å². The number of thiophene rings is 1. The molecule has 4 rings (SSSR count). The average molecular weight is 490 g/mol. The summed E-state index contributed by atoms with van der Waals surface area (Å²) in [4.78, 5) is 36.2. The molecule has 0 N–H and O–H groups in total. The van der Waals surface area contributed by atoms with Crippen molar-refractivity contribution < 1.29 is 27.7 Å². The van der Waals surface area contributed by atoms with Crippen LogP contribution in [0, 0.1) is 10.1 Å². The highest BCUT2D eigenvalue weighted by Gasteiger charge is 2.30. The molecule has 33 heavy (non-hydrogen) atoms. The molecule has 10 nitrogen and oxygen atoms in total. The molecule has 0 saturated carbocycles. The predicted molar refractivity (Wildman–Crippen MR) is 121 cm³/mol. The number of benzene rings is 2. The molecule has 1 aliphatic rings. The molecule has 0 bridgehead atoms. The molecule has 1 fully saturated rings. The smallest absolute Gasteiger partial charge is 0.349 e. The molecule has 1 saturated heterocycles. The van der Waals surface area contributed by atoms with Crippen LogP contribution in [0.4, 0.5) is 5.00 Å². The number of nitrogens with zero attached hydrogens (tertiary/aromatic N) is 3. The fourth-order valence-electron chi connectivity index (χ4n) is 3.48. The van der Waals surface area contributed by atoms with Crippen LogP contribution in [0.3, 0.4) is 0 Å². The third-order valence-electron chi connectivity index (χ3n) is 5.25. The fourth-order valence-corrected chi connectivity index (χ4v) is 5.65. The number of rotatable bonds is 6. The van der Waals surface area contributed by atoms with Crippen molar-refractivity contribution in [1.29, 1.82) is 0 Å². The molecule has 0 spiro atoms. The van der Waals surface area contributed by atoms with Crippen LogP contribution in [0.1, 0.15) is 9.67 Å². The number of fused-ring (bicyclic) bond motifs is 1. The molecular formula is C21H19N3O7S2. The van der Waals surface area contributed by atoms with Gasteiger partial charge in [-0.05, 0) is 29.0 Å². The maximum atomic E-state index is 13.0. The van der Waals surface area contributed by atoms with Crippen molar-refractivity contribution >= 4 is 49.0 Å². The molecule has 2 aromatic carbocycles. The van der Waals surface area contributed by atoms with E-state index in [0.717, 1.165) is 10.8 Å². The minimum Gasteiger partial charge on any atom is -0.451 e. The number of piperazine rings is 1. The van der Waals surface area contributed by atoms with E-state index in [0.29, 0.717) is 11.3 Å². The van der Waals surface area contributed by atoms with Gasteiger partial charge in [0, 0.05) is 32.2 Å². The summed E-state index contributed by atoms with van der Waals surface area (Å²) in [7, 11) is -3.71. The molecule has 0 aliphatic carbocycles. The first-order valence-electron chi connectivity index (χ1n) is 9.94. The van der Waals surface area contributed by atoms with E-state index < -0.39 is 33.4 Å². The van der Waals surface area contributed by atoms with Crippen LogP contribution < -0.4 is 0 Å². The lowest BCUT2D eigenvalue weighted by Crippen LogP contribution is -2.51. The average Bonchev–Trinajstić information content (AvgIpc) is 3.33. The second-order valence-electron chi connectivity index (χ2n) is 7.26. The van der Waals surface area contributed by atoms with E-state index in [1.807, 2.05) is 24.3 Å². The lowest BCUT2D eigenvalue weighted by atomic mass is 10.1. The summed E-state index contributed by atoms with van der Waals surface area (Å²) in [5.74, 6) is -1.28. The summed E-state index contributed by atoms with van der Waals surface area (Å²) in [6, 6.07) is 14.9. The van der Waals surface area contributed by atoms with Crippen molar-refractivity contribution in [3.8, 4) is 0 Å². The third kappa shape index (κ3) is 4.87. The monoisotopic (exact) mass is 489 g/mol. The maximum Gasteiger partial charge on any atom is 0.349 e. The van der Waals surface area contributed by atoms with Gasteiger partial charge in [0.25, 0.3) is 5.91 Å². The number of ether oxygens (including phenoxy) is 1. The Bertz CT molecular complexity index is 1330. The van der Waals surface area contributed by atoms with Gasteiger partial charge in [-0.25, -0.2) is 13.2 Å². The standard InChI is InChI=1S/C21H19N3O7S2/c25-19(14-31-21(26)18-7-8-20(32-18)24(27)28)22-9-11-23(12-10-22)33(29,30)17-6-5-15-3-1-2-4-16(15)13-17/h1-8,13H,9-12,14H2. The lowest BCUT2D eigenvalue weighted by molar-refractivity contribution is -0.380. The van der Waals surface area contributed by atoms with Crippen molar-refractivity contribution in [1.82, 2.24) is 9.21 Å². The normalized spacial score (nSPS) is 14.8. The van der Waals surface area contributed by atoms with E-state index in [1.165, 1.54) is 21.3 Å². The van der Waals surface area contributed by atoms with Crippen molar-refractivity contribution in [2.45, 2.75) is 4.90 Å². The summed E-state index contributed by atoms with van der Waals surface area (Å²) in [5.41, 5.74) is 0. The highest BCUT2D eigenvalue weighted by atomic mass is 32.2. The van der Waals surface area contributed by atoms with E-state index in [9.17, 15) is 28.1 Å². The third-order valence-corrected chi connectivity index (χ3v) is 8.16. The quantitative estimate of drug-likeness (QED) is 0.296. The second kappa shape index (κ2) is 9.25. The number of esters is 1. The Morgan fingerprint density at radius 1 is 1.00 bits per heavy atom. The molecule has 0 radical (unpaired) electrons. The van der Waals surface area contributed by atoms with Crippen molar-refractivity contribution in [2.24, 2.45) is 0 Å². The van der Waals surface area contributed by atoms with E-state index in [2.05, 4.69) is 0 Å². The number of hydrogen-bond acceptors (Lipinski definition) is 8. The highest BCUT2D eigenvalue weighted by molar-refractivity contribution is 7.89. The van der Waals surface area contributed by atoms with Crippen molar-refractivity contribution in [2.75, 3.05) is 32.8 Å². The molecule has 1 aromatic heterocycles. The minimum absolute atomic E-state index is 0.0285. The van der Waals surface area contributed by atoms with Crippen molar-refractivity contribution in [3.63, 3.8) is 0 Å². The summed E-state index contributed by atoms with van der Waals surface area (Å²) in [5, 5.41) is 12.3. The Morgan fingerprint density at radius 3 is 2.36 bits per heavy atom. The van der Waals surface area contributed by atoms with Gasteiger partial charge in [0.15, 0.2) is 6.61 Å². The van der Waals surface area contributed by atoms with Gasteiger partial charge in [-0.3, -0.25) is 14.9 Å². The van der Waals surface area contributed by atoms with Gasteiger partial charge in [-0.15, -0.1) is 0 Å². The lowest BCUT2D eigenvalue weighted by Gasteiger charge is -2.33. The van der Waals surface area contributed by atoms with E-state index in [-0.39, 0.29) is 41.0 Å². The SMILES string of the molecule is O=C(OCC(=O)N1CCN(S(=O)(=O)c2ccc3ccccc3c2)CC1)c1ccc([N+](=O)[O-])s1. The van der Waals surface area contributed by atoms with Gasteiger partial charge in [-0.1, -0.05) is 41.7 Å². The number of nitro groups is 1. The van der Waals surface area contributed by atoms with E-state index in [1.54, 1.807) is 18.2 Å². The molecule has 172 valence electrons. The summed E-state index contributed by atoms with van der Waals surface area (Å²) in [6.45, 7) is 0.0290. The first-order valence-corrected chi connectivity index (χ1v) is 12.2. The summed E-state index contributed by atoms with van der Waals surface area (Å²) >= 11 is 0.666. The van der Waals surface area contributed by atoms with Crippen LogP contribution in [0.25, 0.3) is 10.8 Å². The Hall–Kier alpha value is -3.35. The van der Waals surface area contributed by atoms with Crippen LogP contribution in [0.5, 0.6) is 0 Å². The number of amides is 1. The Balaban J connectivity index is 1.33. The first kappa shape index (κ1) is 22.8. The molecule has 1 amide bonds. The predicted octanol–water partition coefficient (Wildman–Crippen LogP) is 2.50. The minimum atomic E-state index is -3.71. The molecule has 0 unspecified atom stereocenters. The Labute approximate surface area is 193 Å². The van der Waals surface area contributed by atoms with Gasteiger partial charge in [0.2, 0.25) is 10.0 Å². The molecule has 1 aliphatic heterocycles. The molecule has 3 aromatic rings. The van der Waals surface area contributed by atoms with E-state index in [4.69, 9.17) is 4.74 Å². The number of sulfonamides is 1. The summed E-state index contributed by atoms with van der Waals surface area (Å²) in [6.07, 6.45) is 0. The highest BCUT2D eigenvalue weighted by Crippen LogP contribution is 2.25. The van der Waals surface area contributed by atoms with Gasteiger partial charge in [0.1, 0.15) is 4.88 Å². The number of carbonyl (C=O) groups excluding carboxylic acids is 2. The van der Waals surface area contributed by atoms with Crippen LogP contribution in [0.15, 0.2) is 59.5 Å². The second-order valence-corrected chi connectivity index (χ2v) is 10.3. The van der Waals surface area contributed by atoms with E-state index >= 15 is 0 Å². The summed E-state index contributed by atoms with van der Waals surface area (Å²) < 4.78 is 32.4. The molecular weight excluding hydrogens is 470 g/mol. The Kier molecular flexibility index (Phi) is 6.40. The van der Waals surface area contributed by atoms with Crippen LogP contribution in [0.2, 0.25) is 0 Å². The fraction of sp³-hybridized carbons (Fsp3) is 0.238. The molecule has 12 heteroatoms. The van der Waals surface area contributed by atoms with Gasteiger partial charge >= 0.3 is 11.0 Å². The number of hydrogen-bond donors (Lipinski definition) is 0. The van der Waals surface area contributed by atoms with Crippen molar-refractivity contribution in [3.05, 3.63) is 69.6 Å². The Morgan fingerprint density at radius 2 is 1.70 bits per heavy atom. The topological polar surface area (TPSA) is 127 Å². The maximum absolute atomic E-state index is 13.0. The van der Waals surface area contributed by atoms with Gasteiger partial charge in [0.05, 0.1) is 9.82 Å². The largest absolute Gasteiger partial charge is 0.451 e. The van der Waals surface area contributed by atoms with Crippen LogP contribution >= 0.6 is 11.3 Å². The molecule has 2 heterocycles. The zero-order valence-electron chi connectivity index (χ0n) is 17.2. The molecule has 0 atom stereocenters. The van der Waals surface area contributed by atoms with Gasteiger partial charge in [-0.2, -0.15) is 4.31 Å². The number of carbonyl (C=O) groups is 2.